The Bertz CT molecular complexity index is 453. The van der Waals surface area contributed by atoms with Gasteiger partial charge < -0.3 is 10.1 Å². The zero-order chi connectivity index (χ0) is 12.6. The second-order valence-corrected chi connectivity index (χ2v) is 4.14. The molecule has 0 amide bonds. The highest BCUT2D eigenvalue weighted by molar-refractivity contribution is 5.20. The largest absolute Gasteiger partial charge is 0.492 e. The van der Waals surface area contributed by atoms with Crippen molar-refractivity contribution in [2.45, 2.75) is 6.42 Å². The molecule has 0 spiro atoms. The number of aryl methyl sites for hydroxylation is 1. The Labute approximate surface area is 108 Å². The first-order valence-corrected chi connectivity index (χ1v) is 6.22. The number of benzene rings is 1. The van der Waals surface area contributed by atoms with Crippen LogP contribution in [0.3, 0.4) is 0 Å². The molecule has 1 aromatic carbocycles. The van der Waals surface area contributed by atoms with Crippen LogP contribution in [0.25, 0.3) is 0 Å². The van der Waals surface area contributed by atoms with Gasteiger partial charge in [-0.15, -0.1) is 0 Å². The third-order valence-electron chi connectivity index (χ3n) is 2.62. The van der Waals surface area contributed by atoms with E-state index in [0.717, 1.165) is 31.0 Å². The second-order valence-electron chi connectivity index (χ2n) is 4.14. The summed E-state index contributed by atoms with van der Waals surface area (Å²) in [5.41, 5.74) is 1.12. The Hall–Kier alpha value is -1.81. The van der Waals surface area contributed by atoms with E-state index in [9.17, 15) is 0 Å². The van der Waals surface area contributed by atoms with Crippen molar-refractivity contribution in [2.24, 2.45) is 7.05 Å². The van der Waals surface area contributed by atoms with Gasteiger partial charge in [0.1, 0.15) is 12.4 Å². The minimum atomic E-state index is 0.687. The van der Waals surface area contributed by atoms with Crippen LogP contribution in [-0.2, 0) is 13.5 Å². The van der Waals surface area contributed by atoms with Gasteiger partial charge in [0.25, 0.3) is 0 Å². The van der Waals surface area contributed by atoms with Gasteiger partial charge in [-0.25, -0.2) is 0 Å². The van der Waals surface area contributed by atoms with Crippen molar-refractivity contribution in [1.29, 1.82) is 0 Å². The molecule has 1 N–H and O–H groups in total. The summed E-state index contributed by atoms with van der Waals surface area (Å²) in [7, 11) is 1.94. The molecule has 0 unspecified atom stereocenters. The summed E-state index contributed by atoms with van der Waals surface area (Å²) in [5, 5.41) is 7.66. The molecular formula is C14H19N3O. The topological polar surface area (TPSA) is 39.1 Å². The molecule has 96 valence electrons. The molecule has 1 heterocycles. The zero-order valence-electron chi connectivity index (χ0n) is 10.7. The van der Waals surface area contributed by atoms with Crippen LogP contribution >= 0.6 is 0 Å². The monoisotopic (exact) mass is 245 g/mol. The Kier molecular flexibility index (Phi) is 4.78. The van der Waals surface area contributed by atoms with E-state index in [1.807, 2.05) is 54.3 Å². The molecule has 2 aromatic rings. The highest BCUT2D eigenvalue weighted by Crippen LogP contribution is 2.07. The smallest absolute Gasteiger partial charge is 0.119 e. The molecule has 0 saturated carbocycles. The molecule has 0 aliphatic rings. The van der Waals surface area contributed by atoms with E-state index in [2.05, 4.69) is 10.4 Å². The summed E-state index contributed by atoms with van der Waals surface area (Å²) in [6.45, 7) is 2.46. The molecule has 4 heteroatoms. The number of aromatic nitrogens is 2. The van der Waals surface area contributed by atoms with Crippen LogP contribution in [0.1, 0.15) is 5.69 Å². The molecule has 1 aromatic heterocycles. The van der Waals surface area contributed by atoms with Crippen LogP contribution in [0.2, 0.25) is 0 Å². The van der Waals surface area contributed by atoms with E-state index >= 15 is 0 Å². The van der Waals surface area contributed by atoms with Crippen molar-refractivity contribution in [3.63, 3.8) is 0 Å². The average molecular weight is 245 g/mol. The van der Waals surface area contributed by atoms with Crippen molar-refractivity contribution in [2.75, 3.05) is 19.7 Å². The summed E-state index contributed by atoms with van der Waals surface area (Å²) >= 11 is 0. The van der Waals surface area contributed by atoms with Crippen LogP contribution in [0.5, 0.6) is 5.75 Å². The van der Waals surface area contributed by atoms with Crippen LogP contribution in [-0.4, -0.2) is 29.5 Å². The maximum atomic E-state index is 5.58. The van der Waals surface area contributed by atoms with Gasteiger partial charge in [0.2, 0.25) is 0 Å². The fourth-order valence-corrected chi connectivity index (χ4v) is 1.70. The van der Waals surface area contributed by atoms with Gasteiger partial charge >= 0.3 is 0 Å². The van der Waals surface area contributed by atoms with Gasteiger partial charge in [-0.3, -0.25) is 4.68 Å². The lowest BCUT2D eigenvalue weighted by atomic mass is 10.3. The molecule has 0 atom stereocenters. The summed E-state index contributed by atoms with van der Waals surface area (Å²) < 4.78 is 7.41. The summed E-state index contributed by atoms with van der Waals surface area (Å²) in [6, 6.07) is 11.9. The highest BCUT2D eigenvalue weighted by atomic mass is 16.5. The quantitative estimate of drug-likeness (QED) is 0.754. The molecule has 0 aliphatic heterocycles. The number of nitrogens with zero attached hydrogens (tertiary/aromatic N) is 2. The summed E-state index contributed by atoms with van der Waals surface area (Å²) in [4.78, 5) is 0. The number of ether oxygens (including phenoxy) is 1. The van der Waals surface area contributed by atoms with Crippen molar-refractivity contribution in [1.82, 2.24) is 15.1 Å². The maximum Gasteiger partial charge on any atom is 0.119 e. The highest BCUT2D eigenvalue weighted by Gasteiger charge is 1.96. The Morgan fingerprint density at radius 1 is 1.17 bits per heavy atom. The first-order chi connectivity index (χ1) is 8.84. The van der Waals surface area contributed by atoms with E-state index < -0.39 is 0 Å². The van der Waals surface area contributed by atoms with Crippen LogP contribution in [0.4, 0.5) is 0 Å². The molecule has 18 heavy (non-hydrogen) atoms. The Balaban J connectivity index is 1.54. The van der Waals surface area contributed by atoms with Crippen LogP contribution in [0.15, 0.2) is 42.6 Å². The van der Waals surface area contributed by atoms with E-state index in [1.165, 1.54) is 0 Å². The molecular weight excluding hydrogens is 226 g/mol. The Morgan fingerprint density at radius 2 is 2.00 bits per heavy atom. The SMILES string of the molecule is Cn1ccc(CCNCCOc2ccccc2)n1. The minimum Gasteiger partial charge on any atom is -0.492 e. The van der Waals surface area contributed by atoms with E-state index in [0.29, 0.717) is 6.61 Å². The lowest BCUT2D eigenvalue weighted by Crippen LogP contribution is -2.23. The standard InChI is InChI=1S/C14H19N3O/c1-17-11-8-13(16-17)7-9-15-10-12-18-14-5-3-2-4-6-14/h2-6,8,11,15H,7,9-10,12H2,1H3. The number of hydrogen-bond acceptors (Lipinski definition) is 3. The van der Waals surface area contributed by atoms with Gasteiger partial charge in [0.15, 0.2) is 0 Å². The summed E-state index contributed by atoms with van der Waals surface area (Å²) in [5.74, 6) is 0.920. The van der Waals surface area contributed by atoms with Crippen molar-refractivity contribution in [3.05, 3.63) is 48.3 Å². The first kappa shape index (κ1) is 12.6. The van der Waals surface area contributed by atoms with Crippen molar-refractivity contribution < 1.29 is 4.74 Å². The van der Waals surface area contributed by atoms with Crippen LogP contribution < -0.4 is 10.1 Å². The van der Waals surface area contributed by atoms with Gasteiger partial charge in [0, 0.05) is 32.8 Å². The molecule has 0 saturated heterocycles. The molecule has 0 radical (unpaired) electrons. The number of nitrogens with one attached hydrogen (secondary N) is 1. The van der Waals surface area contributed by atoms with E-state index in [1.54, 1.807) is 0 Å². The molecule has 0 bridgehead atoms. The molecule has 2 rings (SSSR count). The fraction of sp³-hybridized carbons (Fsp3) is 0.357. The molecule has 0 aliphatic carbocycles. The summed E-state index contributed by atoms with van der Waals surface area (Å²) in [6.07, 6.45) is 2.92. The number of hydrogen-bond donors (Lipinski definition) is 1. The molecule has 4 nitrogen and oxygen atoms in total. The first-order valence-electron chi connectivity index (χ1n) is 6.22. The maximum absolute atomic E-state index is 5.58. The normalized spacial score (nSPS) is 10.5. The lowest BCUT2D eigenvalue weighted by molar-refractivity contribution is 0.314. The fourth-order valence-electron chi connectivity index (χ4n) is 1.70. The van der Waals surface area contributed by atoms with E-state index in [-0.39, 0.29) is 0 Å². The van der Waals surface area contributed by atoms with Gasteiger partial charge in [-0.1, -0.05) is 18.2 Å². The minimum absolute atomic E-state index is 0.687. The average Bonchev–Trinajstić information content (AvgIpc) is 2.81. The predicted molar refractivity (Wildman–Crippen MR) is 71.7 cm³/mol. The van der Waals surface area contributed by atoms with Crippen molar-refractivity contribution in [3.8, 4) is 5.75 Å². The lowest BCUT2D eigenvalue weighted by Gasteiger charge is -2.06. The van der Waals surface area contributed by atoms with Gasteiger partial charge in [-0.05, 0) is 18.2 Å². The van der Waals surface area contributed by atoms with Gasteiger partial charge in [-0.2, -0.15) is 5.10 Å². The number of para-hydroxylation sites is 1. The number of rotatable bonds is 7. The Morgan fingerprint density at radius 3 is 2.72 bits per heavy atom. The van der Waals surface area contributed by atoms with Gasteiger partial charge in [0.05, 0.1) is 5.69 Å². The predicted octanol–water partition coefficient (Wildman–Crippen LogP) is 1.63. The third kappa shape index (κ3) is 4.22. The zero-order valence-corrected chi connectivity index (χ0v) is 10.7. The van der Waals surface area contributed by atoms with Crippen LogP contribution in [0, 0.1) is 0 Å². The van der Waals surface area contributed by atoms with Crippen molar-refractivity contribution >= 4 is 0 Å². The third-order valence-corrected chi connectivity index (χ3v) is 2.62. The second kappa shape index (κ2) is 6.81. The molecule has 0 fully saturated rings. The van der Waals surface area contributed by atoms with E-state index in [4.69, 9.17) is 4.74 Å².